The van der Waals surface area contributed by atoms with Crippen molar-refractivity contribution in [2.75, 3.05) is 6.61 Å². The average Bonchev–Trinajstić information content (AvgIpc) is 2.46. The summed E-state index contributed by atoms with van der Waals surface area (Å²) < 4.78 is 5.14. The molecule has 0 aliphatic heterocycles. The molecular formula is C16H13NO2. The molecule has 19 heavy (non-hydrogen) atoms. The van der Waals surface area contributed by atoms with Crippen LogP contribution in [0.25, 0.3) is 0 Å². The van der Waals surface area contributed by atoms with Crippen molar-refractivity contribution in [3.63, 3.8) is 0 Å². The van der Waals surface area contributed by atoms with Crippen LogP contribution in [0.3, 0.4) is 0 Å². The summed E-state index contributed by atoms with van der Waals surface area (Å²) in [6, 6.07) is 16.2. The number of hydrogen-bond acceptors (Lipinski definition) is 3. The van der Waals surface area contributed by atoms with Gasteiger partial charge in [0.15, 0.2) is 12.4 Å². The van der Waals surface area contributed by atoms with E-state index in [1.165, 1.54) is 0 Å². The molecule has 0 N–H and O–H groups in total. The highest BCUT2D eigenvalue weighted by Crippen LogP contribution is 2.15. The number of benzene rings is 2. The van der Waals surface area contributed by atoms with E-state index in [4.69, 9.17) is 10.00 Å². The third-order valence-electron chi connectivity index (χ3n) is 2.73. The second-order valence-electron chi connectivity index (χ2n) is 4.17. The molecule has 0 saturated carbocycles. The zero-order valence-corrected chi connectivity index (χ0v) is 10.6. The molecule has 94 valence electrons. The third-order valence-corrected chi connectivity index (χ3v) is 2.73. The maximum atomic E-state index is 12.2. The zero-order chi connectivity index (χ0) is 13.7. The predicted octanol–water partition coefficient (Wildman–Crippen LogP) is 3.13. The van der Waals surface area contributed by atoms with E-state index >= 15 is 0 Å². The molecule has 2 rings (SSSR count). The smallest absolute Gasteiger partial charge is 0.193 e. The van der Waals surface area contributed by atoms with Crippen LogP contribution in [0, 0.1) is 18.3 Å². The molecule has 0 aliphatic carbocycles. The normalized spacial score (nSPS) is 9.68. The van der Waals surface area contributed by atoms with Crippen molar-refractivity contribution in [2.24, 2.45) is 0 Å². The third kappa shape index (κ3) is 3.20. The highest BCUT2D eigenvalue weighted by molar-refractivity contribution is 6.09. The fourth-order valence-electron chi connectivity index (χ4n) is 1.69. The van der Waals surface area contributed by atoms with Crippen LogP contribution >= 0.6 is 0 Å². The lowest BCUT2D eigenvalue weighted by Crippen LogP contribution is -2.01. The quantitative estimate of drug-likeness (QED) is 0.784. The molecule has 0 aromatic heterocycles. The first kappa shape index (κ1) is 12.8. The van der Waals surface area contributed by atoms with Gasteiger partial charge < -0.3 is 4.74 Å². The predicted molar refractivity (Wildman–Crippen MR) is 72.2 cm³/mol. The lowest BCUT2D eigenvalue weighted by Gasteiger charge is -2.04. The minimum Gasteiger partial charge on any atom is -0.479 e. The number of ketones is 1. The molecule has 0 saturated heterocycles. The van der Waals surface area contributed by atoms with Crippen molar-refractivity contribution in [2.45, 2.75) is 6.92 Å². The summed E-state index contributed by atoms with van der Waals surface area (Å²) in [5.74, 6) is 0.564. The van der Waals surface area contributed by atoms with Gasteiger partial charge in [0, 0.05) is 11.1 Å². The fourth-order valence-corrected chi connectivity index (χ4v) is 1.69. The van der Waals surface area contributed by atoms with Crippen LogP contribution in [-0.2, 0) is 0 Å². The van der Waals surface area contributed by atoms with Crippen LogP contribution in [0.4, 0.5) is 0 Å². The molecule has 0 aliphatic rings. The van der Waals surface area contributed by atoms with Crippen LogP contribution in [0.1, 0.15) is 21.5 Å². The Bertz CT molecular complexity index is 607. The molecule has 0 amide bonds. The number of carbonyl (C=O) groups excluding carboxylic acids is 1. The zero-order valence-electron chi connectivity index (χ0n) is 10.6. The largest absolute Gasteiger partial charge is 0.479 e. The van der Waals surface area contributed by atoms with Crippen molar-refractivity contribution in [3.05, 3.63) is 65.2 Å². The molecule has 0 spiro atoms. The molecule has 0 radical (unpaired) electrons. The Morgan fingerprint density at radius 1 is 1.05 bits per heavy atom. The van der Waals surface area contributed by atoms with Gasteiger partial charge in [-0.3, -0.25) is 4.79 Å². The van der Waals surface area contributed by atoms with Gasteiger partial charge in [0.1, 0.15) is 11.8 Å². The minimum absolute atomic E-state index is 0.00521. The fraction of sp³-hybridized carbons (Fsp3) is 0.125. The maximum absolute atomic E-state index is 12.2. The van der Waals surface area contributed by atoms with Crippen LogP contribution in [-0.4, -0.2) is 12.4 Å². The summed E-state index contributed by atoms with van der Waals surface area (Å²) in [7, 11) is 0. The molecule has 0 atom stereocenters. The standard InChI is InChI=1S/C16H13NO2/c1-12-2-4-13(5-3-12)16(18)14-6-8-15(9-7-14)19-11-10-17/h2-9H,11H2,1H3. The molecule has 3 nitrogen and oxygen atoms in total. The van der Waals surface area contributed by atoms with Crippen molar-refractivity contribution in [1.82, 2.24) is 0 Å². The first-order valence-electron chi connectivity index (χ1n) is 5.92. The van der Waals surface area contributed by atoms with Crippen molar-refractivity contribution in [1.29, 1.82) is 5.26 Å². The van der Waals surface area contributed by atoms with Crippen molar-refractivity contribution in [3.8, 4) is 11.8 Å². The van der Waals surface area contributed by atoms with E-state index in [1.54, 1.807) is 24.3 Å². The highest BCUT2D eigenvalue weighted by Gasteiger charge is 2.08. The van der Waals surface area contributed by atoms with E-state index in [0.717, 1.165) is 5.56 Å². The van der Waals surface area contributed by atoms with Crippen molar-refractivity contribution >= 4 is 5.78 Å². The number of aryl methyl sites for hydroxylation is 1. The van der Waals surface area contributed by atoms with Crippen LogP contribution in [0.2, 0.25) is 0 Å². The van der Waals surface area contributed by atoms with Crippen LogP contribution in [0.15, 0.2) is 48.5 Å². The van der Waals surface area contributed by atoms with E-state index in [-0.39, 0.29) is 12.4 Å². The number of ether oxygens (including phenoxy) is 1. The molecular weight excluding hydrogens is 238 g/mol. The number of nitriles is 1. The van der Waals surface area contributed by atoms with E-state index in [2.05, 4.69) is 0 Å². The Balaban J connectivity index is 2.16. The van der Waals surface area contributed by atoms with Gasteiger partial charge in [-0.25, -0.2) is 0 Å². The SMILES string of the molecule is Cc1ccc(C(=O)c2ccc(OCC#N)cc2)cc1. The summed E-state index contributed by atoms with van der Waals surface area (Å²) in [6.07, 6.45) is 0. The monoisotopic (exact) mass is 251 g/mol. The second-order valence-corrected chi connectivity index (χ2v) is 4.17. The molecule has 0 fully saturated rings. The molecule has 0 unspecified atom stereocenters. The van der Waals surface area contributed by atoms with E-state index in [1.807, 2.05) is 37.3 Å². The van der Waals surface area contributed by atoms with E-state index in [9.17, 15) is 4.79 Å². The van der Waals surface area contributed by atoms with Gasteiger partial charge in [-0.15, -0.1) is 0 Å². The number of carbonyl (C=O) groups is 1. The summed E-state index contributed by atoms with van der Waals surface area (Å²) in [4.78, 5) is 12.2. The van der Waals surface area contributed by atoms with Crippen LogP contribution in [0.5, 0.6) is 5.75 Å². The summed E-state index contributed by atoms with van der Waals surface area (Å²) in [6.45, 7) is 1.99. The van der Waals surface area contributed by atoms with Crippen molar-refractivity contribution < 1.29 is 9.53 Å². The maximum Gasteiger partial charge on any atom is 0.193 e. The first-order chi connectivity index (χ1) is 9.20. The second kappa shape index (κ2) is 5.83. The molecule has 0 bridgehead atoms. The number of hydrogen-bond donors (Lipinski definition) is 0. The topological polar surface area (TPSA) is 50.1 Å². The summed E-state index contributed by atoms with van der Waals surface area (Å²) in [5.41, 5.74) is 2.39. The van der Waals surface area contributed by atoms with Gasteiger partial charge in [-0.05, 0) is 31.2 Å². The van der Waals surface area contributed by atoms with Gasteiger partial charge in [-0.2, -0.15) is 5.26 Å². The Hall–Kier alpha value is -2.60. The van der Waals surface area contributed by atoms with Crippen LogP contribution < -0.4 is 4.74 Å². The minimum atomic E-state index is -0.0215. The van der Waals surface area contributed by atoms with E-state index in [0.29, 0.717) is 16.9 Å². The molecule has 2 aromatic rings. The Morgan fingerprint density at radius 2 is 1.58 bits per heavy atom. The number of nitrogens with zero attached hydrogens (tertiary/aromatic N) is 1. The van der Waals surface area contributed by atoms with Gasteiger partial charge >= 0.3 is 0 Å². The molecule has 0 heterocycles. The lowest BCUT2D eigenvalue weighted by atomic mass is 10.0. The van der Waals surface area contributed by atoms with Gasteiger partial charge in [0.25, 0.3) is 0 Å². The molecule has 3 heteroatoms. The Labute approximate surface area is 112 Å². The van der Waals surface area contributed by atoms with Gasteiger partial charge in [0.05, 0.1) is 0 Å². The average molecular weight is 251 g/mol. The highest BCUT2D eigenvalue weighted by atomic mass is 16.5. The van der Waals surface area contributed by atoms with Gasteiger partial charge in [-0.1, -0.05) is 29.8 Å². The van der Waals surface area contributed by atoms with E-state index < -0.39 is 0 Å². The Morgan fingerprint density at radius 3 is 2.11 bits per heavy atom. The number of rotatable bonds is 4. The Kier molecular flexibility index (Phi) is 3.94. The van der Waals surface area contributed by atoms with Gasteiger partial charge in [0.2, 0.25) is 0 Å². The summed E-state index contributed by atoms with van der Waals surface area (Å²) >= 11 is 0. The summed E-state index contributed by atoms with van der Waals surface area (Å²) in [5, 5.41) is 8.41. The first-order valence-corrected chi connectivity index (χ1v) is 5.92. The lowest BCUT2D eigenvalue weighted by molar-refractivity contribution is 0.103. The molecule has 2 aromatic carbocycles.